The van der Waals surface area contributed by atoms with Crippen molar-refractivity contribution >= 4 is 15.9 Å². The van der Waals surface area contributed by atoms with Gasteiger partial charge in [0, 0.05) is 24.1 Å². The number of ether oxygens (including phenoxy) is 1. The second-order valence-electron chi connectivity index (χ2n) is 3.96. The molecule has 0 heterocycles. The van der Waals surface area contributed by atoms with E-state index in [0.717, 1.165) is 43.0 Å². The summed E-state index contributed by atoms with van der Waals surface area (Å²) in [6.45, 7) is 6.91. The Hall–Kier alpha value is -0.580. The minimum Gasteiger partial charge on any atom is -0.492 e. The molecule has 0 atom stereocenters. The number of hydrogen-bond donors (Lipinski definition) is 1. The van der Waals surface area contributed by atoms with E-state index in [1.807, 2.05) is 24.3 Å². The second kappa shape index (κ2) is 8.50. The molecule has 0 aliphatic rings. The number of rotatable bonds is 8. The molecule has 1 N–H and O–H groups in total. The molecule has 0 aliphatic carbocycles. The van der Waals surface area contributed by atoms with Gasteiger partial charge in [-0.15, -0.1) is 0 Å². The predicted octanol–water partition coefficient (Wildman–Crippen LogP) is 2.37. The summed E-state index contributed by atoms with van der Waals surface area (Å²) >= 11 is 3.40. The van der Waals surface area contributed by atoms with Gasteiger partial charge in [-0.1, -0.05) is 22.9 Å². The molecule has 0 spiro atoms. The Kier molecular flexibility index (Phi) is 7.24. The molecule has 1 aromatic rings. The van der Waals surface area contributed by atoms with Crippen molar-refractivity contribution in [3.05, 3.63) is 28.7 Å². The molecule has 0 aromatic heterocycles. The van der Waals surface area contributed by atoms with Gasteiger partial charge in [0.1, 0.15) is 12.4 Å². The first-order valence-electron chi connectivity index (χ1n) is 6.00. The Labute approximate surface area is 112 Å². The summed E-state index contributed by atoms with van der Waals surface area (Å²) in [7, 11) is 2.11. The summed E-state index contributed by atoms with van der Waals surface area (Å²) in [5.41, 5.74) is 0. The fourth-order valence-electron chi connectivity index (χ4n) is 1.41. The molecule has 0 radical (unpaired) electrons. The summed E-state index contributed by atoms with van der Waals surface area (Å²) < 4.78 is 6.73. The third-order valence-electron chi connectivity index (χ3n) is 2.48. The number of halogens is 1. The van der Waals surface area contributed by atoms with E-state index in [2.05, 4.69) is 40.1 Å². The first-order valence-corrected chi connectivity index (χ1v) is 6.79. The SMILES string of the molecule is CCNCCN(C)CCOc1ccc(Br)cc1. The van der Waals surface area contributed by atoms with E-state index in [0.29, 0.717) is 0 Å². The van der Waals surface area contributed by atoms with Crippen molar-refractivity contribution in [1.29, 1.82) is 0 Å². The zero-order chi connectivity index (χ0) is 12.5. The number of benzene rings is 1. The Morgan fingerprint density at radius 2 is 1.94 bits per heavy atom. The Morgan fingerprint density at radius 3 is 2.59 bits per heavy atom. The molecule has 0 unspecified atom stereocenters. The Morgan fingerprint density at radius 1 is 1.24 bits per heavy atom. The van der Waals surface area contributed by atoms with Crippen molar-refractivity contribution in [2.45, 2.75) is 6.92 Å². The fourth-order valence-corrected chi connectivity index (χ4v) is 1.67. The molecule has 0 saturated heterocycles. The van der Waals surface area contributed by atoms with Gasteiger partial charge in [0.2, 0.25) is 0 Å². The summed E-state index contributed by atoms with van der Waals surface area (Å²) in [5.74, 6) is 0.924. The van der Waals surface area contributed by atoms with Crippen LogP contribution in [-0.4, -0.2) is 44.7 Å². The lowest BCUT2D eigenvalue weighted by molar-refractivity contribution is 0.238. The smallest absolute Gasteiger partial charge is 0.119 e. The second-order valence-corrected chi connectivity index (χ2v) is 4.87. The van der Waals surface area contributed by atoms with Gasteiger partial charge >= 0.3 is 0 Å². The van der Waals surface area contributed by atoms with Crippen LogP contribution in [0, 0.1) is 0 Å². The molecule has 0 saturated carbocycles. The molecule has 1 aromatic carbocycles. The van der Waals surface area contributed by atoms with Crippen LogP contribution >= 0.6 is 15.9 Å². The Bertz CT molecular complexity index is 303. The first kappa shape index (κ1) is 14.5. The van der Waals surface area contributed by atoms with Crippen LogP contribution in [0.15, 0.2) is 28.7 Å². The molecular weight excluding hydrogens is 280 g/mol. The fraction of sp³-hybridized carbons (Fsp3) is 0.538. The quantitative estimate of drug-likeness (QED) is 0.746. The lowest BCUT2D eigenvalue weighted by atomic mass is 10.3. The predicted molar refractivity (Wildman–Crippen MR) is 75.7 cm³/mol. The van der Waals surface area contributed by atoms with Gasteiger partial charge in [0.15, 0.2) is 0 Å². The highest BCUT2D eigenvalue weighted by Crippen LogP contribution is 2.15. The van der Waals surface area contributed by atoms with Crippen LogP contribution in [-0.2, 0) is 0 Å². The number of hydrogen-bond acceptors (Lipinski definition) is 3. The van der Waals surface area contributed by atoms with Crippen LogP contribution in [0.25, 0.3) is 0 Å². The zero-order valence-corrected chi connectivity index (χ0v) is 12.2. The number of nitrogens with zero attached hydrogens (tertiary/aromatic N) is 1. The maximum Gasteiger partial charge on any atom is 0.119 e. The maximum absolute atomic E-state index is 5.66. The van der Waals surface area contributed by atoms with E-state index in [9.17, 15) is 0 Å². The van der Waals surface area contributed by atoms with Gasteiger partial charge in [-0.05, 0) is 37.9 Å². The van der Waals surface area contributed by atoms with Crippen LogP contribution in [0.2, 0.25) is 0 Å². The highest BCUT2D eigenvalue weighted by molar-refractivity contribution is 9.10. The van der Waals surface area contributed by atoms with Gasteiger partial charge in [-0.2, -0.15) is 0 Å². The molecule has 0 amide bonds. The molecule has 1 rings (SSSR count). The largest absolute Gasteiger partial charge is 0.492 e. The van der Waals surface area contributed by atoms with Crippen LogP contribution in [0.3, 0.4) is 0 Å². The standard InChI is InChI=1S/C13H21BrN2O/c1-3-15-8-9-16(2)10-11-17-13-6-4-12(14)5-7-13/h4-7,15H,3,8-11H2,1-2H3. The van der Waals surface area contributed by atoms with Gasteiger partial charge in [-0.25, -0.2) is 0 Å². The molecular formula is C13H21BrN2O. The van der Waals surface area contributed by atoms with Crippen molar-refractivity contribution < 1.29 is 4.74 Å². The van der Waals surface area contributed by atoms with Gasteiger partial charge in [0.05, 0.1) is 0 Å². The van der Waals surface area contributed by atoms with E-state index in [4.69, 9.17) is 4.74 Å². The molecule has 0 aliphatic heterocycles. The Balaban J connectivity index is 2.12. The molecule has 4 heteroatoms. The summed E-state index contributed by atoms with van der Waals surface area (Å²) in [5, 5.41) is 3.31. The van der Waals surface area contributed by atoms with E-state index in [1.54, 1.807) is 0 Å². The topological polar surface area (TPSA) is 24.5 Å². The number of nitrogens with one attached hydrogen (secondary N) is 1. The summed E-state index contributed by atoms with van der Waals surface area (Å²) in [6, 6.07) is 7.93. The van der Waals surface area contributed by atoms with Crippen molar-refractivity contribution in [2.75, 3.05) is 39.8 Å². The summed E-state index contributed by atoms with van der Waals surface area (Å²) in [6.07, 6.45) is 0. The van der Waals surface area contributed by atoms with E-state index in [-0.39, 0.29) is 0 Å². The minimum atomic E-state index is 0.726. The van der Waals surface area contributed by atoms with Crippen molar-refractivity contribution in [3.8, 4) is 5.75 Å². The average Bonchev–Trinajstić information content (AvgIpc) is 2.32. The van der Waals surface area contributed by atoms with E-state index in [1.165, 1.54) is 0 Å². The lowest BCUT2D eigenvalue weighted by Crippen LogP contribution is -2.31. The highest BCUT2D eigenvalue weighted by atomic mass is 79.9. The zero-order valence-electron chi connectivity index (χ0n) is 10.6. The van der Waals surface area contributed by atoms with Gasteiger partial charge in [-0.3, -0.25) is 0 Å². The molecule has 3 nitrogen and oxygen atoms in total. The number of likely N-dealkylation sites (N-methyl/N-ethyl adjacent to an activating group) is 2. The third-order valence-corrected chi connectivity index (χ3v) is 3.00. The van der Waals surface area contributed by atoms with Gasteiger partial charge < -0.3 is 15.0 Å². The highest BCUT2D eigenvalue weighted by Gasteiger charge is 1.98. The lowest BCUT2D eigenvalue weighted by Gasteiger charge is -2.16. The van der Waals surface area contributed by atoms with Crippen LogP contribution in [0.1, 0.15) is 6.92 Å². The molecule has 0 bridgehead atoms. The summed E-state index contributed by atoms with van der Waals surface area (Å²) in [4.78, 5) is 2.27. The monoisotopic (exact) mass is 300 g/mol. The van der Waals surface area contributed by atoms with Crippen molar-refractivity contribution in [2.24, 2.45) is 0 Å². The van der Waals surface area contributed by atoms with Crippen molar-refractivity contribution in [3.63, 3.8) is 0 Å². The molecule has 17 heavy (non-hydrogen) atoms. The first-order chi connectivity index (χ1) is 8.22. The third kappa shape index (κ3) is 6.66. The van der Waals surface area contributed by atoms with Crippen LogP contribution < -0.4 is 10.1 Å². The molecule has 96 valence electrons. The van der Waals surface area contributed by atoms with E-state index < -0.39 is 0 Å². The van der Waals surface area contributed by atoms with Crippen molar-refractivity contribution in [1.82, 2.24) is 10.2 Å². The van der Waals surface area contributed by atoms with E-state index >= 15 is 0 Å². The van der Waals surface area contributed by atoms with Crippen LogP contribution in [0.4, 0.5) is 0 Å². The van der Waals surface area contributed by atoms with Crippen LogP contribution in [0.5, 0.6) is 5.75 Å². The maximum atomic E-state index is 5.66. The average molecular weight is 301 g/mol. The normalized spacial score (nSPS) is 10.8. The van der Waals surface area contributed by atoms with Gasteiger partial charge in [0.25, 0.3) is 0 Å². The molecule has 0 fully saturated rings. The minimum absolute atomic E-state index is 0.726.